The summed E-state index contributed by atoms with van der Waals surface area (Å²) in [5.74, 6) is 0.861. The van der Waals surface area contributed by atoms with E-state index >= 15 is 0 Å². The summed E-state index contributed by atoms with van der Waals surface area (Å²) in [7, 11) is 0. The Morgan fingerprint density at radius 2 is 1.96 bits per heavy atom. The van der Waals surface area contributed by atoms with Crippen molar-refractivity contribution in [2.45, 2.75) is 38.5 Å². The quantitative estimate of drug-likeness (QED) is 0.805. The zero-order valence-corrected chi connectivity index (χ0v) is 16.4. The number of halogens is 1. The van der Waals surface area contributed by atoms with Gasteiger partial charge in [-0.15, -0.1) is 0 Å². The smallest absolute Gasteiger partial charge is 0.226 e. The molecular formula is C23H23ClN2O. The zero-order chi connectivity index (χ0) is 19.2. The van der Waals surface area contributed by atoms with Gasteiger partial charge in [-0.2, -0.15) is 5.26 Å². The molecule has 27 heavy (non-hydrogen) atoms. The molecule has 4 rings (SSSR count). The maximum Gasteiger partial charge on any atom is 0.226 e. The average Bonchev–Trinajstić information content (AvgIpc) is 2.97. The maximum atomic E-state index is 12.6. The van der Waals surface area contributed by atoms with Crippen molar-refractivity contribution < 1.29 is 4.79 Å². The summed E-state index contributed by atoms with van der Waals surface area (Å²) in [6.07, 6.45) is 1.76. The monoisotopic (exact) mass is 378 g/mol. The van der Waals surface area contributed by atoms with E-state index in [1.807, 2.05) is 12.1 Å². The molecule has 138 valence electrons. The number of rotatable bonds is 2. The summed E-state index contributed by atoms with van der Waals surface area (Å²) in [6.45, 7) is 4.90. The van der Waals surface area contributed by atoms with Gasteiger partial charge in [-0.1, -0.05) is 54.4 Å². The first-order chi connectivity index (χ1) is 12.9. The predicted octanol–water partition coefficient (Wildman–Crippen LogP) is 4.93. The van der Waals surface area contributed by atoms with E-state index in [4.69, 9.17) is 16.9 Å². The molecule has 0 bridgehead atoms. The molecule has 0 aromatic heterocycles. The van der Waals surface area contributed by atoms with Crippen LogP contribution < -0.4 is 5.32 Å². The number of fused-ring (bicyclic) bond motifs is 1. The number of benzene rings is 2. The van der Waals surface area contributed by atoms with E-state index in [2.05, 4.69) is 49.5 Å². The molecule has 1 heterocycles. The second-order valence-electron chi connectivity index (χ2n) is 8.16. The van der Waals surface area contributed by atoms with Gasteiger partial charge in [0, 0.05) is 11.6 Å². The third kappa shape index (κ3) is 2.93. The number of nitriles is 1. The summed E-state index contributed by atoms with van der Waals surface area (Å²) in [5, 5.41) is 12.9. The fraction of sp³-hybridized carbons (Fsp3) is 0.391. The van der Waals surface area contributed by atoms with Crippen molar-refractivity contribution in [3.63, 3.8) is 0 Å². The summed E-state index contributed by atoms with van der Waals surface area (Å²) >= 11 is 6.59. The summed E-state index contributed by atoms with van der Waals surface area (Å²) in [4.78, 5) is 12.6. The first-order valence-corrected chi connectivity index (χ1v) is 9.86. The van der Waals surface area contributed by atoms with Crippen LogP contribution in [0.4, 0.5) is 0 Å². The summed E-state index contributed by atoms with van der Waals surface area (Å²) < 4.78 is 0. The van der Waals surface area contributed by atoms with Crippen LogP contribution in [-0.2, 0) is 4.79 Å². The number of nitrogens with one attached hydrogen (secondary N) is 1. The van der Waals surface area contributed by atoms with E-state index < -0.39 is 0 Å². The SMILES string of the molecule is Cc1ccc([C@H]2[C@H](c3ccc(C#N)cc3Cl)CC[C@@]3(C)C(=O)NC[C@@H]23)cc1. The van der Waals surface area contributed by atoms with E-state index in [-0.39, 0.29) is 29.1 Å². The van der Waals surface area contributed by atoms with Crippen molar-refractivity contribution >= 4 is 17.5 Å². The highest BCUT2D eigenvalue weighted by molar-refractivity contribution is 6.31. The Labute approximate surface area is 165 Å². The Kier molecular flexibility index (Phi) is 4.48. The predicted molar refractivity (Wildman–Crippen MR) is 107 cm³/mol. The van der Waals surface area contributed by atoms with Crippen LogP contribution in [0.15, 0.2) is 42.5 Å². The molecule has 1 saturated heterocycles. The second kappa shape index (κ2) is 6.69. The number of hydrogen-bond donors (Lipinski definition) is 1. The van der Waals surface area contributed by atoms with Gasteiger partial charge < -0.3 is 5.32 Å². The molecule has 1 N–H and O–H groups in total. The Bertz CT molecular complexity index is 930. The minimum atomic E-state index is -0.328. The molecule has 0 unspecified atom stereocenters. The van der Waals surface area contributed by atoms with E-state index in [0.29, 0.717) is 17.1 Å². The minimum Gasteiger partial charge on any atom is -0.355 e. The third-order valence-electron chi connectivity index (χ3n) is 6.65. The number of amides is 1. The van der Waals surface area contributed by atoms with Crippen LogP contribution in [0.1, 0.15) is 53.9 Å². The van der Waals surface area contributed by atoms with Crippen LogP contribution in [0.25, 0.3) is 0 Å². The second-order valence-corrected chi connectivity index (χ2v) is 8.57. The largest absolute Gasteiger partial charge is 0.355 e. The van der Waals surface area contributed by atoms with Gasteiger partial charge in [0.25, 0.3) is 0 Å². The zero-order valence-electron chi connectivity index (χ0n) is 15.6. The van der Waals surface area contributed by atoms with E-state index in [0.717, 1.165) is 18.4 Å². The van der Waals surface area contributed by atoms with Crippen LogP contribution in [0.3, 0.4) is 0 Å². The average molecular weight is 379 g/mol. The van der Waals surface area contributed by atoms with Crippen molar-refractivity contribution in [1.82, 2.24) is 5.32 Å². The normalized spacial score (nSPS) is 29.7. The van der Waals surface area contributed by atoms with E-state index in [1.54, 1.807) is 6.07 Å². The summed E-state index contributed by atoms with van der Waals surface area (Å²) in [6, 6.07) is 16.4. The number of hydrogen-bond acceptors (Lipinski definition) is 2. The van der Waals surface area contributed by atoms with Gasteiger partial charge in [-0.25, -0.2) is 0 Å². The molecule has 2 aromatic carbocycles. The van der Waals surface area contributed by atoms with Crippen molar-refractivity contribution in [3.8, 4) is 6.07 Å². The lowest BCUT2D eigenvalue weighted by molar-refractivity contribution is -0.129. The maximum absolute atomic E-state index is 12.6. The van der Waals surface area contributed by atoms with Gasteiger partial charge in [0.05, 0.1) is 17.0 Å². The molecule has 1 aliphatic carbocycles. The Morgan fingerprint density at radius 3 is 2.63 bits per heavy atom. The molecule has 3 nitrogen and oxygen atoms in total. The highest BCUT2D eigenvalue weighted by atomic mass is 35.5. The lowest BCUT2D eigenvalue weighted by Gasteiger charge is -2.45. The lowest BCUT2D eigenvalue weighted by atomic mass is 9.57. The van der Waals surface area contributed by atoms with Gasteiger partial charge >= 0.3 is 0 Å². The number of carbonyl (C=O) groups is 1. The van der Waals surface area contributed by atoms with Gasteiger partial charge in [0.2, 0.25) is 5.91 Å². The molecule has 1 saturated carbocycles. The van der Waals surface area contributed by atoms with Gasteiger partial charge in [-0.3, -0.25) is 4.79 Å². The van der Waals surface area contributed by atoms with E-state index in [9.17, 15) is 4.79 Å². The number of nitrogens with zero attached hydrogens (tertiary/aromatic N) is 1. The topological polar surface area (TPSA) is 52.9 Å². The fourth-order valence-electron chi connectivity index (χ4n) is 5.04. The highest BCUT2D eigenvalue weighted by Crippen LogP contribution is 2.57. The van der Waals surface area contributed by atoms with Crippen LogP contribution in [-0.4, -0.2) is 12.5 Å². The first-order valence-electron chi connectivity index (χ1n) is 9.48. The van der Waals surface area contributed by atoms with Crippen molar-refractivity contribution in [3.05, 3.63) is 69.7 Å². The molecule has 1 aliphatic heterocycles. The molecule has 0 radical (unpaired) electrons. The molecule has 4 atom stereocenters. The summed E-state index contributed by atoms with van der Waals surface area (Å²) in [5.41, 5.74) is 3.83. The number of aryl methyl sites for hydroxylation is 1. The molecule has 1 amide bonds. The molecular weight excluding hydrogens is 356 g/mol. The highest BCUT2D eigenvalue weighted by Gasteiger charge is 2.54. The lowest BCUT2D eigenvalue weighted by Crippen LogP contribution is -2.41. The van der Waals surface area contributed by atoms with Crippen molar-refractivity contribution in [2.24, 2.45) is 11.3 Å². The van der Waals surface area contributed by atoms with Crippen LogP contribution in [0.2, 0.25) is 5.02 Å². The Balaban J connectivity index is 1.82. The van der Waals surface area contributed by atoms with Crippen LogP contribution in [0.5, 0.6) is 0 Å². The standard InChI is InChI=1S/C23H23ClN2O/c1-14-3-6-16(7-4-14)21-18(17-8-5-15(12-25)11-20(17)24)9-10-23(2)19(21)13-26-22(23)27/h3-8,11,18-19,21H,9-10,13H2,1-2H3,(H,26,27)/t18-,19-,21-,23+/m0/s1. The molecule has 2 aliphatic rings. The molecule has 2 fully saturated rings. The van der Waals surface area contributed by atoms with Gasteiger partial charge in [-0.05, 0) is 60.8 Å². The third-order valence-corrected chi connectivity index (χ3v) is 6.98. The van der Waals surface area contributed by atoms with Crippen LogP contribution in [0, 0.1) is 29.6 Å². The van der Waals surface area contributed by atoms with Crippen LogP contribution >= 0.6 is 11.6 Å². The van der Waals surface area contributed by atoms with Crippen molar-refractivity contribution in [1.29, 1.82) is 5.26 Å². The molecule has 2 aromatic rings. The fourth-order valence-corrected chi connectivity index (χ4v) is 5.36. The molecule has 0 spiro atoms. The van der Waals surface area contributed by atoms with Gasteiger partial charge in [0.1, 0.15) is 0 Å². The molecule has 4 heteroatoms. The van der Waals surface area contributed by atoms with E-state index in [1.165, 1.54) is 11.1 Å². The van der Waals surface area contributed by atoms with Gasteiger partial charge in [0.15, 0.2) is 0 Å². The minimum absolute atomic E-state index is 0.175. The Morgan fingerprint density at radius 1 is 1.22 bits per heavy atom. The van der Waals surface area contributed by atoms with Crippen molar-refractivity contribution in [2.75, 3.05) is 6.54 Å². The first kappa shape index (κ1) is 18.1. The number of carbonyl (C=O) groups excluding carboxylic acids is 1. The Hall–Kier alpha value is -2.31.